The van der Waals surface area contributed by atoms with Crippen molar-refractivity contribution in [3.63, 3.8) is 0 Å². The van der Waals surface area contributed by atoms with Crippen molar-refractivity contribution in [3.05, 3.63) is 65.7 Å². The molecule has 1 amide bonds. The van der Waals surface area contributed by atoms with E-state index in [2.05, 4.69) is 20.8 Å². The molecule has 0 spiro atoms. The molecule has 28 heavy (non-hydrogen) atoms. The lowest BCUT2D eigenvalue weighted by Crippen LogP contribution is -2.21. The molecule has 7 nitrogen and oxygen atoms in total. The molecule has 3 aromatic rings. The van der Waals surface area contributed by atoms with Gasteiger partial charge in [-0.15, -0.1) is 10.2 Å². The van der Waals surface area contributed by atoms with Crippen LogP contribution < -0.4 is 20.1 Å². The highest BCUT2D eigenvalue weighted by molar-refractivity contribution is 6.30. The predicted molar refractivity (Wildman–Crippen MR) is 109 cm³/mol. The van der Waals surface area contributed by atoms with Crippen molar-refractivity contribution in [1.82, 2.24) is 10.2 Å². The minimum atomic E-state index is -0.341. The minimum absolute atomic E-state index is 0.148. The van der Waals surface area contributed by atoms with Gasteiger partial charge in [-0.05, 0) is 55.5 Å². The molecule has 8 heteroatoms. The van der Waals surface area contributed by atoms with E-state index in [1.807, 2.05) is 31.2 Å². The van der Waals surface area contributed by atoms with Crippen LogP contribution in [-0.2, 0) is 4.79 Å². The van der Waals surface area contributed by atoms with E-state index >= 15 is 0 Å². The average Bonchev–Trinajstić information content (AvgIpc) is 2.71. The fourth-order valence-electron chi connectivity index (χ4n) is 2.31. The van der Waals surface area contributed by atoms with E-state index in [4.69, 9.17) is 21.1 Å². The molecule has 1 aromatic heterocycles. The summed E-state index contributed by atoms with van der Waals surface area (Å²) in [6, 6.07) is 17.7. The quantitative estimate of drug-likeness (QED) is 0.588. The van der Waals surface area contributed by atoms with Crippen molar-refractivity contribution in [1.29, 1.82) is 0 Å². The summed E-state index contributed by atoms with van der Waals surface area (Å²) in [6.45, 7) is 2.34. The van der Waals surface area contributed by atoms with E-state index in [0.717, 1.165) is 11.4 Å². The van der Waals surface area contributed by atoms with E-state index in [0.29, 0.717) is 29.0 Å². The lowest BCUT2D eigenvalue weighted by Gasteiger charge is -2.11. The van der Waals surface area contributed by atoms with E-state index < -0.39 is 0 Å². The number of aromatic nitrogens is 2. The van der Waals surface area contributed by atoms with Crippen LogP contribution in [-0.4, -0.2) is 29.3 Å². The molecule has 2 aromatic carbocycles. The van der Waals surface area contributed by atoms with Crippen LogP contribution in [0.25, 0.3) is 0 Å². The van der Waals surface area contributed by atoms with Crippen molar-refractivity contribution in [2.24, 2.45) is 0 Å². The number of nitrogens with zero attached hydrogens (tertiary/aromatic N) is 2. The zero-order valence-corrected chi connectivity index (χ0v) is 15.9. The van der Waals surface area contributed by atoms with Crippen LogP contribution in [0.1, 0.15) is 6.92 Å². The van der Waals surface area contributed by atoms with Crippen molar-refractivity contribution < 1.29 is 14.3 Å². The molecule has 1 heterocycles. The number of ether oxygens (including phenoxy) is 2. The second-order valence-corrected chi connectivity index (χ2v) is 6.09. The molecular formula is C20H19ClN4O3. The SMILES string of the molecule is CCOc1ccccc1Nc1ccc(NC(=O)COc2ccc(Cl)cc2)nn1. The van der Waals surface area contributed by atoms with Gasteiger partial charge in [0.1, 0.15) is 11.5 Å². The summed E-state index contributed by atoms with van der Waals surface area (Å²) < 4.78 is 11.0. The first-order valence-corrected chi connectivity index (χ1v) is 9.02. The summed E-state index contributed by atoms with van der Waals surface area (Å²) >= 11 is 5.81. The Hall–Kier alpha value is -3.32. The Labute approximate surface area is 167 Å². The van der Waals surface area contributed by atoms with E-state index in [9.17, 15) is 4.79 Å². The highest BCUT2D eigenvalue weighted by atomic mass is 35.5. The number of carbonyl (C=O) groups excluding carboxylic acids is 1. The zero-order valence-electron chi connectivity index (χ0n) is 15.2. The molecule has 0 aliphatic carbocycles. The highest BCUT2D eigenvalue weighted by Gasteiger charge is 2.07. The summed E-state index contributed by atoms with van der Waals surface area (Å²) in [5.74, 6) is 1.80. The first-order chi connectivity index (χ1) is 13.6. The molecule has 3 rings (SSSR count). The number of carbonyl (C=O) groups is 1. The standard InChI is InChI=1S/C20H19ClN4O3/c1-2-27-17-6-4-3-5-16(17)22-18-11-12-19(25-24-18)23-20(26)13-28-15-9-7-14(21)8-10-15/h3-12H,2,13H2,1H3,(H,22,24)(H,23,25,26). The lowest BCUT2D eigenvalue weighted by molar-refractivity contribution is -0.118. The second-order valence-electron chi connectivity index (χ2n) is 5.65. The third-order valence-electron chi connectivity index (χ3n) is 3.57. The molecule has 0 saturated carbocycles. The first-order valence-electron chi connectivity index (χ1n) is 8.65. The van der Waals surface area contributed by atoms with Gasteiger partial charge in [0.15, 0.2) is 18.2 Å². The number of amides is 1. The van der Waals surface area contributed by atoms with Crippen LogP contribution in [0.4, 0.5) is 17.3 Å². The maximum Gasteiger partial charge on any atom is 0.263 e. The topological polar surface area (TPSA) is 85.4 Å². The number of para-hydroxylation sites is 2. The Kier molecular flexibility index (Phi) is 6.64. The maximum absolute atomic E-state index is 12.0. The minimum Gasteiger partial charge on any atom is -0.492 e. The average molecular weight is 399 g/mol. The fourth-order valence-corrected chi connectivity index (χ4v) is 2.44. The summed E-state index contributed by atoms with van der Waals surface area (Å²) in [7, 11) is 0. The number of nitrogens with one attached hydrogen (secondary N) is 2. The molecule has 0 fully saturated rings. The van der Waals surface area contributed by atoms with Gasteiger partial charge in [0.25, 0.3) is 5.91 Å². The maximum atomic E-state index is 12.0. The molecule has 0 atom stereocenters. The largest absolute Gasteiger partial charge is 0.492 e. The smallest absolute Gasteiger partial charge is 0.263 e. The third kappa shape index (κ3) is 5.59. The second kappa shape index (κ2) is 9.57. The Bertz CT molecular complexity index is 917. The van der Waals surface area contributed by atoms with Crippen molar-refractivity contribution in [3.8, 4) is 11.5 Å². The molecule has 0 saturated heterocycles. The van der Waals surface area contributed by atoms with Crippen LogP contribution in [0.2, 0.25) is 5.02 Å². The van der Waals surface area contributed by atoms with Crippen molar-refractivity contribution >= 4 is 34.8 Å². The van der Waals surface area contributed by atoms with Gasteiger partial charge in [-0.3, -0.25) is 4.79 Å². The van der Waals surface area contributed by atoms with Gasteiger partial charge in [0.05, 0.1) is 12.3 Å². The molecule has 0 bridgehead atoms. The van der Waals surface area contributed by atoms with E-state index in [-0.39, 0.29) is 12.5 Å². The summed E-state index contributed by atoms with van der Waals surface area (Å²) in [4.78, 5) is 12.0. The number of halogens is 1. The number of rotatable bonds is 8. The first kappa shape index (κ1) is 19.4. The van der Waals surface area contributed by atoms with Crippen LogP contribution >= 0.6 is 11.6 Å². The molecular weight excluding hydrogens is 380 g/mol. The van der Waals surface area contributed by atoms with Gasteiger partial charge in [-0.25, -0.2) is 0 Å². The van der Waals surface area contributed by atoms with Gasteiger partial charge in [-0.1, -0.05) is 23.7 Å². The molecule has 0 aliphatic rings. The number of anilines is 3. The molecule has 2 N–H and O–H groups in total. The zero-order chi connectivity index (χ0) is 19.8. The van der Waals surface area contributed by atoms with Crippen LogP contribution in [0.3, 0.4) is 0 Å². The molecule has 0 aliphatic heterocycles. The monoisotopic (exact) mass is 398 g/mol. The van der Waals surface area contributed by atoms with E-state index in [1.165, 1.54) is 0 Å². The van der Waals surface area contributed by atoms with Crippen LogP contribution in [0.5, 0.6) is 11.5 Å². The van der Waals surface area contributed by atoms with Crippen LogP contribution in [0.15, 0.2) is 60.7 Å². The Morgan fingerprint density at radius 1 is 0.964 bits per heavy atom. The fraction of sp³-hybridized carbons (Fsp3) is 0.150. The highest BCUT2D eigenvalue weighted by Crippen LogP contribution is 2.26. The third-order valence-corrected chi connectivity index (χ3v) is 3.82. The molecule has 0 unspecified atom stereocenters. The molecule has 0 radical (unpaired) electrons. The predicted octanol–water partition coefficient (Wildman–Crippen LogP) is 4.29. The van der Waals surface area contributed by atoms with Gasteiger partial charge in [0, 0.05) is 5.02 Å². The summed E-state index contributed by atoms with van der Waals surface area (Å²) in [5, 5.41) is 14.4. The van der Waals surface area contributed by atoms with Gasteiger partial charge in [-0.2, -0.15) is 0 Å². The normalized spacial score (nSPS) is 10.2. The van der Waals surface area contributed by atoms with E-state index in [1.54, 1.807) is 36.4 Å². The Morgan fingerprint density at radius 2 is 1.68 bits per heavy atom. The summed E-state index contributed by atoms with van der Waals surface area (Å²) in [5.41, 5.74) is 0.784. The van der Waals surface area contributed by atoms with Gasteiger partial charge >= 0.3 is 0 Å². The number of hydrogen-bond donors (Lipinski definition) is 2. The van der Waals surface area contributed by atoms with Gasteiger partial charge < -0.3 is 20.1 Å². The lowest BCUT2D eigenvalue weighted by atomic mass is 10.3. The van der Waals surface area contributed by atoms with Crippen molar-refractivity contribution in [2.75, 3.05) is 23.8 Å². The Balaban J connectivity index is 1.54. The van der Waals surface area contributed by atoms with Crippen LogP contribution in [0, 0.1) is 0 Å². The molecule has 144 valence electrons. The van der Waals surface area contributed by atoms with Gasteiger partial charge in [0.2, 0.25) is 0 Å². The summed E-state index contributed by atoms with van der Waals surface area (Å²) in [6.07, 6.45) is 0. The van der Waals surface area contributed by atoms with Crippen molar-refractivity contribution in [2.45, 2.75) is 6.92 Å². The Morgan fingerprint density at radius 3 is 2.39 bits per heavy atom. The number of benzene rings is 2. The number of hydrogen-bond acceptors (Lipinski definition) is 6.